The summed E-state index contributed by atoms with van der Waals surface area (Å²) in [6, 6.07) is 17.0. The summed E-state index contributed by atoms with van der Waals surface area (Å²) < 4.78 is 28.6. The first-order valence-electron chi connectivity index (χ1n) is 9.22. The van der Waals surface area contributed by atoms with Crippen molar-refractivity contribution in [2.75, 3.05) is 18.5 Å². The van der Waals surface area contributed by atoms with Gasteiger partial charge in [-0.05, 0) is 65.1 Å². The molecule has 0 aliphatic carbocycles. The van der Waals surface area contributed by atoms with Crippen molar-refractivity contribution in [3.63, 3.8) is 0 Å². The van der Waals surface area contributed by atoms with Crippen LogP contribution in [0.4, 0.5) is 20.2 Å². The van der Waals surface area contributed by atoms with Crippen LogP contribution in [-0.2, 0) is 4.84 Å². The second-order valence-corrected chi connectivity index (χ2v) is 7.39. The average molecular weight is 555 g/mol. The maximum Gasteiger partial charge on any atom is 0.277 e. The molecule has 0 atom stereocenters. The summed E-state index contributed by atoms with van der Waals surface area (Å²) in [6.07, 6.45) is 0. The van der Waals surface area contributed by atoms with E-state index in [9.17, 15) is 18.4 Å². The highest BCUT2D eigenvalue weighted by Gasteiger charge is 2.17. The van der Waals surface area contributed by atoms with Gasteiger partial charge in [-0.1, -0.05) is 24.3 Å². The Bertz CT molecular complexity index is 1070. The van der Waals surface area contributed by atoms with E-state index < -0.39 is 17.5 Å². The predicted octanol–water partition coefficient (Wildman–Crippen LogP) is 3.75. The number of benzene rings is 3. The minimum atomic E-state index is -0.716. The molecular weight excluding hydrogens is 535 g/mol. The lowest BCUT2D eigenvalue weighted by Gasteiger charge is -2.13. The lowest BCUT2D eigenvalue weighted by molar-refractivity contribution is 0.0168. The minimum absolute atomic E-state index is 0.0424. The zero-order valence-corrected chi connectivity index (χ0v) is 18.8. The number of halogens is 3. The van der Waals surface area contributed by atoms with Gasteiger partial charge >= 0.3 is 0 Å². The first kappa shape index (κ1) is 25.2. The third-order valence-electron chi connectivity index (χ3n) is 3.87. The molecule has 3 rings (SSSR count). The predicted molar refractivity (Wildman–Crippen MR) is 124 cm³/mol. The number of rotatable bonds is 7. The van der Waals surface area contributed by atoms with Gasteiger partial charge in [-0.15, -0.1) is 0 Å². The molecule has 0 fully saturated rings. The van der Waals surface area contributed by atoms with Gasteiger partial charge in [0.25, 0.3) is 5.91 Å². The van der Waals surface area contributed by atoms with Crippen LogP contribution in [0.1, 0.15) is 20.7 Å². The quantitative estimate of drug-likeness (QED) is 0.202. The highest BCUT2D eigenvalue weighted by atomic mass is 127. The normalized spacial score (nSPS) is 10.0. The average Bonchev–Trinajstić information content (AvgIpc) is 2.78. The van der Waals surface area contributed by atoms with Crippen LogP contribution in [0.25, 0.3) is 0 Å². The molecule has 0 saturated carbocycles. The third-order valence-corrected chi connectivity index (χ3v) is 4.54. The van der Waals surface area contributed by atoms with Crippen LogP contribution >= 0.6 is 22.6 Å². The Labute approximate surface area is 196 Å². The molecule has 10 heteroatoms. The Hall–Kier alpha value is -3.09. The first-order valence-corrected chi connectivity index (χ1v) is 10.3. The van der Waals surface area contributed by atoms with E-state index in [-0.39, 0.29) is 36.1 Å². The number of aliphatic hydroxyl groups excluding tert-OH is 1. The van der Waals surface area contributed by atoms with Gasteiger partial charge in [0.05, 0.1) is 30.2 Å². The summed E-state index contributed by atoms with van der Waals surface area (Å²) >= 11 is 1.95. The number of carbonyl (C=O) groups excluding carboxylic acids is 2. The highest BCUT2D eigenvalue weighted by molar-refractivity contribution is 14.1. The molecular formula is C22H20F2IN3O4. The Morgan fingerprint density at radius 3 is 2.31 bits per heavy atom. The summed E-state index contributed by atoms with van der Waals surface area (Å²) in [5.41, 5.74) is 7.42. The van der Waals surface area contributed by atoms with Gasteiger partial charge in [-0.3, -0.25) is 14.4 Å². The third kappa shape index (κ3) is 7.55. The molecule has 168 valence electrons. The van der Waals surface area contributed by atoms with E-state index in [1.54, 1.807) is 30.3 Å². The van der Waals surface area contributed by atoms with Crippen molar-refractivity contribution in [3.8, 4) is 0 Å². The highest BCUT2D eigenvalue weighted by Crippen LogP contribution is 2.27. The second kappa shape index (κ2) is 12.7. The van der Waals surface area contributed by atoms with Crippen molar-refractivity contribution in [3.05, 3.63) is 93.1 Å². The topological polar surface area (TPSA) is 114 Å². The maximum atomic E-state index is 14.0. The van der Waals surface area contributed by atoms with Crippen molar-refractivity contribution >= 4 is 45.8 Å². The number of nitrogens with two attached hydrogens (primary N) is 1. The van der Waals surface area contributed by atoms with Gasteiger partial charge in [0, 0.05) is 9.13 Å². The van der Waals surface area contributed by atoms with E-state index in [1.807, 2.05) is 28.7 Å². The van der Waals surface area contributed by atoms with Crippen LogP contribution in [0.5, 0.6) is 0 Å². The van der Waals surface area contributed by atoms with Crippen molar-refractivity contribution in [1.29, 1.82) is 0 Å². The number of hydrogen-bond donors (Lipinski definition) is 4. The number of hydroxylamine groups is 1. The summed E-state index contributed by atoms with van der Waals surface area (Å²) in [5, 5.41) is 11.2. The van der Waals surface area contributed by atoms with Gasteiger partial charge < -0.3 is 16.2 Å². The summed E-state index contributed by atoms with van der Waals surface area (Å²) in [7, 11) is 0. The maximum absolute atomic E-state index is 14.0. The van der Waals surface area contributed by atoms with E-state index in [2.05, 4.69) is 10.8 Å². The summed E-state index contributed by atoms with van der Waals surface area (Å²) in [5.74, 6) is -2.37. The van der Waals surface area contributed by atoms with Crippen molar-refractivity contribution in [2.24, 2.45) is 5.73 Å². The van der Waals surface area contributed by atoms with Gasteiger partial charge in [0.2, 0.25) is 5.91 Å². The van der Waals surface area contributed by atoms with Gasteiger partial charge in [0.15, 0.2) is 0 Å². The molecule has 0 unspecified atom stereocenters. The van der Waals surface area contributed by atoms with E-state index in [4.69, 9.17) is 15.7 Å². The van der Waals surface area contributed by atoms with Gasteiger partial charge in [-0.25, -0.2) is 14.3 Å². The van der Waals surface area contributed by atoms with Gasteiger partial charge in [0.1, 0.15) is 11.6 Å². The van der Waals surface area contributed by atoms with E-state index in [0.29, 0.717) is 9.13 Å². The second-order valence-electron chi connectivity index (χ2n) is 6.15. The van der Waals surface area contributed by atoms with Crippen LogP contribution in [-0.4, -0.2) is 30.1 Å². The number of para-hydroxylation sites is 1. The molecule has 0 saturated heterocycles. The number of primary amides is 1. The fraction of sp³-hybridized carbons (Fsp3) is 0.0909. The lowest BCUT2D eigenvalue weighted by Crippen LogP contribution is -2.26. The molecule has 32 heavy (non-hydrogen) atoms. The zero-order chi connectivity index (χ0) is 23.5. The van der Waals surface area contributed by atoms with Crippen LogP contribution in [0.3, 0.4) is 0 Å². The minimum Gasteiger partial charge on any atom is -0.394 e. The fourth-order valence-corrected chi connectivity index (χ4v) is 2.84. The monoisotopic (exact) mass is 555 g/mol. The molecule has 0 aliphatic heterocycles. The molecule has 3 aromatic rings. The van der Waals surface area contributed by atoms with Crippen LogP contribution < -0.4 is 16.5 Å². The Morgan fingerprint density at radius 2 is 1.72 bits per heavy atom. The van der Waals surface area contributed by atoms with E-state index in [1.165, 1.54) is 24.3 Å². The Balaban J connectivity index is 0.000000336. The van der Waals surface area contributed by atoms with Crippen molar-refractivity contribution < 1.29 is 28.3 Å². The molecule has 0 spiro atoms. The molecule has 0 aliphatic rings. The standard InChI is InChI=1S/C15H13F2IN2O3.C7H7NO/c16-11-3-1-2-10(15(22)20-23-7-6-21)14(11)19-13-5-4-9(18)8-12(13)17;8-7(9)6-4-2-1-3-5-6/h1-5,8,19,21H,6-7H2,(H,20,22);1-5H,(H2,8,9). The van der Waals surface area contributed by atoms with Crippen molar-refractivity contribution in [1.82, 2.24) is 5.48 Å². The summed E-state index contributed by atoms with van der Waals surface area (Å²) in [6.45, 7) is -0.377. The van der Waals surface area contributed by atoms with Crippen LogP contribution in [0.15, 0.2) is 66.7 Å². The first-order chi connectivity index (χ1) is 15.3. The molecule has 0 bridgehead atoms. The zero-order valence-electron chi connectivity index (χ0n) is 16.6. The molecule has 5 N–H and O–H groups in total. The molecule has 3 aromatic carbocycles. The summed E-state index contributed by atoms with van der Waals surface area (Å²) in [4.78, 5) is 27.1. The van der Waals surface area contributed by atoms with E-state index in [0.717, 1.165) is 6.07 Å². The van der Waals surface area contributed by atoms with Gasteiger partial charge in [-0.2, -0.15) is 0 Å². The Morgan fingerprint density at radius 1 is 1.00 bits per heavy atom. The number of hydrogen-bond acceptors (Lipinski definition) is 5. The molecule has 2 amide bonds. The molecule has 0 heterocycles. The Kier molecular flexibility index (Phi) is 9.98. The molecule has 0 aromatic heterocycles. The number of carbonyl (C=O) groups is 2. The number of amides is 2. The number of aliphatic hydroxyl groups is 1. The molecule has 7 nitrogen and oxygen atoms in total. The largest absolute Gasteiger partial charge is 0.394 e. The number of nitrogens with one attached hydrogen (secondary N) is 2. The lowest BCUT2D eigenvalue weighted by atomic mass is 10.1. The van der Waals surface area contributed by atoms with Crippen LogP contribution in [0, 0.1) is 15.2 Å². The SMILES string of the molecule is NC(=O)c1ccccc1.O=C(NOCCO)c1cccc(F)c1Nc1ccc(I)cc1F. The van der Waals surface area contributed by atoms with E-state index >= 15 is 0 Å². The molecule has 0 radical (unpaired) electrons. The smallest absolute Gasteiger partial charge is 0.277 e. The van der Waals surface area contributed by atoms with Crippen LogP contribution in [0.2, 0.25) is 0 Å². The number of anilines is 2. The fourth-order valence-electron chi connectivity index (χ4n) is 2.39. The van der Waals surface area contributed by atoms with Crippen molar-refractivity contribution in [2.45, 2.75) is 0 Å².